The van der Waals surface area contributed by atoms with Crippen molar-refractivity contribution in [3.8, 4) is 16.9 Å². The highest BCUT2D eigenvalue weighted by Crippen LogP contribution is 2.31. The Bertz CT molecular complexity index is 1080. The van der Waals surface area contributed by atoms with Gasteiger partial charge in [0.05, 0.1) is 11.9 Å². The lowest BCUT2D eigenvalue weighted by molar-refractivity contribution is 0.537. The molecule has 0 saturated heterocycles. The lowest BCUT2D eigenvalue weighted by Gasteiger charge is -2.25. The van der Waals surface area contributed by atoms with Crippen molar-refractivity contribution < 1.29 is 4.74 Å². The molecule has 0 aliphatic carbocycles. The van der Waals surface area contributed by atoms with Gasteiger partial charge in [0, 0.05) is 27.9 Å². The van der Waals surface area contributed by atoms with E-state index in [0.29, 0.717) is 0 Å². The molecule has 3 aromatic rings. The maximum absolute atomic E-state index is 5.87. The summed E-state index contributed by atoms with van der Waals surface area (Å²) in [5.74, 6) is 0.913. The van der Waals surface area contributed by atoms with Gasteiger partial charge in [0.1, 0.15) is 5.75 Å². The zero-order valence-corrected chi connectivity index (χ0v) is 13.0. The van der Waals surface area contributed by atoms with Crippen LogP contribution in [0.1, 0.15) is 0 Å². The molecule has 2 aliphatic rings. The number of rotatable bonds is 1. The minimum atomic E-state index is 0.913. The van der Waals surface area contributed by atoms with Gasteiger partial charge >= 0.3 is 0 Å². The van der Waals surface area contributed by atoms with Crippen LogP contribution in [0.15, 0.2) is 79.0 Å². The van der Waals surface area contributed by atoms with Crippen LogP contribution in [0.25, 0.3) is 23.5 Å². The van der Waals surface area contributed by atoms with E-state index >= 15 is 0 Å². The number of nitrogens with zero attached hydrogens (tertiary/aromatic N) is 1. The van der Waals surface area contributed by atoms with Crippen LogP contribution >= 0.6 is 0 Å². The number of ether oxygens (including phenoxy) is 1. The normalized spacial score (nSPS) is 13.8. The molecule has 0 amide bonds. The van der Waals surface area contributed by atoms with E-state index in [2.05, 4.69) is 71.8 Å². The summed E-state index contributed by atoms with van der Waals surface area (Å²) >= 11 is 0. The van der Waals surface area contributed by atoms with Crippen molar-refractivity contribution in [2.45, 2.75) is 0 Å². The highest BCUT2D eigenvalue weighted by atomic mass is 16.5. The first-order valence-electron chi connectivity index (χ1n) is 8.04. The zero-order chi connectivity index (χ0) is 15.9. The van der Waals surface area contributed by atoms with E-state index in [1.54, 1.807) is 0 Å². The first kappa shape index (κ1) is 13.2. The maximum Gasteiger partial charge on any atom is 0.134 e. The number of anilines is 2. The van der Waals surface area contributed by atoms with Gasteiger partial charge in [0.25, 0.3) is 0 Å². The Morgan fingerprint density at radius 3 is 2.46 bits per heavy atom. The first-order valence-corrected chi connectivity index (χ1v) is 8.04. The Labute approximate surface area is 140 Å². The third-order valence-corrected chi connectivity index (χ3v) is 4.54. The van der Waals surface area contributed by atoms with E-state index in [1.807, 2.05) is 24.5 Å². The predicted octanol–water partition coefficient (Wildman–Crippen LogP) is 3.93. The average Bonchev–Trinajstić information content (AvgIpc) is 2.67. The molecule has 2 nitrogen and oxygen atoms in total. The molecule has 0 atom stereocenters. The van der Waals surface area contributed by atoms with Crippen molar-refractivity contribution in [2.75, 3.05) is 4.90 Å². The molecule has 0 bridgehead atoms. The van der Waals surface area contributed by atoms with Gasteiger partial charge in [-0.1, -0.05) is 48.5 Å². The Balaban J connectivity index is 1.76. The molecule has 0 saturated carbocycles. The lowest BCUT2D eigenvalue weighted by Crippen LogP contribution is -2.35. The second-order valence-electron chi connectivity index (χ2n) is 5.91. The number of benzene rings is 3. The number of hydrogen-bond donors (Lipinski definition) is 0. The van der Waals surface area contributed by atoms with E-state index in [0.717, 1.165) is 22.2 Å². The van der Waals surface area contributed by atoms with Crippen molar-refractivity contribution in [1.82, 2.24) is 0 Å². The van der Waals surface area contributed by atoms with Gasteiger partial charge in [-0.15, -0.1) is 0 Å². The number of para-hydroxylation sites is 2. The maximum atomic E-state index is 5.87. The molecule has 0 N–H and O–H groups in total. The fourth-order valence-electron chi connectivity index (χ4n) is 3.41. The van der Waals surface area contributed by atoms with E-state index < -0.39 is 0 Å². The number of fused-ring (bicyclic) bond motifs is 5. The van der Waals surface area contributed by atoms with Crippen LogP contribution in [-0.4, -0.2) is 0 Å². The Morgan fingerprint density at radius 2 is 1.54 bits per heavy atom. The fourth-order valence-corrected chi connectivity index (χ4v) is 3.41. The predicted molar refractivity (Wildman–Crippen MR) is 98.4 cm³/mol. The van der Waals surface area contributed by atoms with E-state index in [1.165, 1.54) is 16.5 Å². The van der Waals surface area contributed by atoms with Gasteiger partial charge in [-0.3, -0.25) is 0 Å². The summed E-state index contributed by atoms with van der Waals surface area (Å²) in [6, 6.07) is 23.0. The van der Waals surface area contributed by atoms with Crippen LogP contribution in [0.3, 0.4) is 0 Å². The van der Waals surface area contributed by atoms with E-state index in [4.69, 9.17) is 4.74 Å². The highest BCUT2D eigenvalue weighted by Gasteiger charge is 2.17. The summed E-state index contributed by atoms with van der Waals surface area (Å²) in [7, 11) is 0. The van der Waals surface area contributed by atoms with Gasteiger partial charge in [0.15, 0.2) is 0 Å². The summed E-state index contributed by atoms with van der Waals surface area (Å²) in [5.41, 5.74) is 4.68. The van der Waals surface area contributed by atoms with Crippen molar-refractivity contribution in [1.29, 1.82) is 0 Å². The average molecular weight is 309 g/mol. The van der Waals surface area contributed by atoms with Crippen molar-refractivity contribution in [3.05, 3.63) is 89.4 Å². The number of allylic oxidation sites excluding steroid dienone is 1. The summed E-state index contributed by atoms with van der Waals surface area (Å²) in [6.07, 6.45) is 8.21. The lowest BCUT2D eigenvalue weighted by atomic mass is 9.97. The summed E-state index contributed by atoms with van der Waals surface area (Å²) in [4.78, 5) is 2.21. The van der Waals surface area contributed by atoms with Crippen LogP contribution in [0.4, 0.5) is 11.4 Å². The van der Waals surface area contributed by atoms with Gasteiger partial charge in [-0.05, 0) is 35.9 Å². The largest absolute Gasteiger partial charge is 0.464 e. The Morgan fingerprint density at radius 1 is 0.708 bits per heavy atom. The van der Waals surface area contributed by atoms with Crippen molar-refractivity contribution in [3.63, 3.8) is 0 Å². The summed E-state index contributed by atoms with van der Waals surface area (Å²) in [6.45, 7) is 0. The van der Waals surface area contributed by atoms with Crippen molar-refractivity contribution >= 4 is 23.7 Å². The minimum Gasteiger partial charge on any atom is -0.464 e. The SMILES string of the molecule is C1=CN(c2ccccc2)c2ccc3c(c2=C1)=COc1ccccc1-3. The molecule has 2 aliphatic heterocycles. The molecule has 0 spiro atoms. The van der Waals surface area contributed by atoms with Gasteiger partial charge < -0.3 is 9.64 Å². The van der Waals surface area contributed by atoms with Crippen LogP contribution in [0.5, 0.6) is 5.75 Å². The molecule has 0 radical (unpaired) electrons. The zero-order valence-electron chi connectivity index (χ0n) is 13.0. The van der Waals surface area contributed by atoms with Gasteiger partial charge in [0.2, 0.25) is 0 Å². The molecule has 5 rings (SSSR count). The molecule has 3 aromatic carbocycles. The highest BCUT2D eigenvalue weighted by molar-refractivity contribution is 5.80. The minimum absolute atomic E-state index is 0.913. The molecule has 0 aromatic heterocycles. The van der Waals surface area contributed by atoms with Crippen molar-refractivity contribution in [2.24, 2.45) is 0 Å². The molecule has 114 valence electrons. The van der Waals surface area contributed by atoms with Crippen LogP contribution in [0, 0.1) is 0 Å². The number of hydrogen-bond acceptors (Lipinski definition) is 2. The van der Waals surface area contributed by atoms with E-state index in [-0.39, 0.29) is 0 Å². The molecule has 2 heteroatoms. The molecular formula is C22H15NO. The quantitative estimate of drug-likeness (QED) is 0.675. The molecule has 0 fully saturated rings. The monoisotopic (exact) mass is 309 g/mol. The third kappa shape index (κ3) is 1.90. The smallest absolute Gasteiger partial charge is 0.134 e. The van der Waals surface area contributed by atoms with Crippen LogP contribution in [0.2, 0.25) is 0 Å². The van der Waals surface area contributed by atoms with Crippen LogP contribution < -0.4 is 20.1 Å². The Kier molecular flexibility index (Phi) is 2.83. The third-order valence-electron chi connectivity index (χ3n) is 4.54. The van der Waals surface area contributed by atoms with Gasteiger partial charge in [-0.25, -0.2) is 0 Å². The van der Waals surface area contributed by atoms with Crippen LogP contribution in [-0.2, 0) is 0 Å². The topological polar surface area (TPSA) is 12.5 Å². The summed E-state index contributed by atoms with van der Waals surface area (Å²) in [5, 5.41) is 2.32. The van der Waals surface area contributed by atoms with Gasteiger partial charge in [-0.2, -0.15) is 0 Å². The molecule has 24 heavy (non-hydrogen) atoms. The second kappa shape index (κ2) is 5.14. The fraction of sp³-hybridized carbons (Fsp3) is 0. The standard InChI is InChI=1S/C22H15NO/c1-2-7-16(8-3-1)23-14-6-10-18-20-15-24-22-11-5-4-9-19(22)17(20)12-13-21(18)23/h1-15H. The Hall–Kier alpha value is -3.26. The van der Waals surface area contributed by atoms with E-state index in [9.17, 15) is 0 Å². The molecular weight excluding hydrogens is 294 g/mol. The molecule has 2 heterocycles. The second-order valence-corrected chi connectivity index (χ2v) is 5.91. The summed E-state index contributed by atoms with van der Waals surface area (Å²) < 4.78 is 5.87. The molecule has 0 unspecified atom stereocenters. The first-order chi connectivity index (χ1) is 11.9.